The van der Waals surface area contributed by atoms with Gasteiger partial charge in [0.1, 0.15) is 0 Å². The molecule has 1 atom stereocenters. The van der Waals surface area contributed by atoms with Crippen molar-refractivity contribution in [1.29, 1.82) is 0 Å². The van der Waals surface area contributed by atoms with E-state index >= 15 is 0 Å². The molecule has 0 amide bonds. The molecular formula is C16H24N2. The monoisotopic (exact) mass is 244 g/mol. The Kier molecular flexibility index (Phi) is 4.94. The summed E-state index contributed by atoms with van der Waals surface area (Å²) in [6.07, 6.45) is 12.8. The van der Waals surface area contributed by atoms with Crippen LogP contribution in [0.5, 0.6) is 0 Å². The topological polar surface area (TPSA) is 38.9 Å². The molecule has 2 N–H and O–H groups in total. The molecule has 18 heavy (non-hydrogen) atoms. The highest BCUT2D eigenvalue weighted by atomic mass is 14.8. The van der Waals surface area contributed by atoms with Crippen molar-refractivity contribution in [2.75, 3.05) is 0 Å². The first kappa shape index (κ1) is 13.3. The highest BCUT2D eigenvalue weighted by molar-refractivity contribution is 5.29. The average Bonchev–Trinajstić information content (AvgIpc) is 2.37. The molecule has 1 unspecified atom stereocenters. The number of nitrogens with zero attached hydrogens (tertiary/aromatic N) is 1. The van der Waals surface area contributed by atoms with Crippen LogP contribution in [0, 0.1) is 0 Å². The Morgan fingerprint density at radius 3 is 2.94 bits per heavy atom. The maximum Gasteiger partial charge on any atom is 0.0688 e. The highest BCUT2D eigenvalue weighted by Crippen LogP contribution is 2.27. The van der Waals surface area contributed by atoms with E-state index in [2.05, 4.69) is 24.1 Å². The first-order chi connectivity index (χ1) is 8.83. The minimum absolute atomic E-state index is 0.000694. The molecule has 0 spiro atoms. The zero-order valence-electron chi connectivity index (χ0n) is 11.4. The summed E-state index contributed by atoms with van der Waals surface area (Å²) < 4.78 is 0. The summed E-state index contributed by atoms with van der Waals surface area (Å²) >= 11 is 0. The quantitative estimate of drug-likeness (QED) is 0.818. The molecule has 1 aliphatic carbocycles. The fourth-order valence-corrected chi connectivity index (χ4v) is 2.70. The van der Waals surface area contributed by atoms with Crippen LogP contribution in [-0.2, 0) is 6.42 Å². The summed E-state index contributed by atoms with van der Waals surface area (Å²) in [5.74, 6) is 0. The van der Waals surface area contributed by atoms with Crippen LogP contribution in [0.25, 0.3) is 0 Å². The van der Waals surface area contributed by atoms with Gasteiger partial charge in [0.05, 0.1) is 11.7 Å². The van der Waals surface area contributed by atoms with Gasteiger partial charge in [-0.25, -0.2) is 0 Å². The van der Waals surface area contributed by atoms with Gasteiger partial charge in [-0.3, -0.25) is 4.98 Å². The molecule has 1 aromatic heterocycles. The molecule has 0 fully saturated rings. The van der Waals surface area contributed by atoms with Gasteiger partial charge < -0.3 is 5.73 Å². The largest absolute Gasteiger partial charge is 0.319 e. The Morgan fingerprint density at radius 1 is 1.28 bits per heavy atom. The summed E-state index contributed by atoms with van der Waals surface area (Å²) in [5.41, 5.74) is 10.2. The van der Waals surface area contributed by atoms with Crippen LogP contribution in [0.1, 0.15) is 62.7 Å². The molecule has 0 aliphatic heterocycles. The number of hydrogen-bond acceptors (Lipinski definition) is 2. The zero-order chi connectivity index (χ0) is 12.8. The van der Waals surface area contributed by atoms with Crippen LogP contribution in [0.3, 0.4) is 0 Å². The number of pyridine rings is 1. The molecule has 1 aliphatic rings. The van der Waals surface area contributed by atoms with Crippen molar-refractivity contribution >= 4 is 0 Å². The van der Waals surface area contributed by atoms with Crippen LogP contribution in [0.4, 0.5) is 0 Å². The highest BCUT2D eigenvalue weighted by Gasteiger charge is 2.16. The van der Waals surface area contributed by atoms with Gasteiger partial charge >= 0.3 is 0 Å². The van der Waals surface area contributed by atoms with E-state index < -0.39 is 0 Å². The molecular weight excluding hydrogens is 220 g/mol. The second kappa shape index (κ2) is 6.69. The lowest BCUT2D eigenvalue weighted by molar-refractivity contribution is 0.598. The third-order valence-corrected chi connectivity index (χ3v) is 3.83. The van der Waals surface area contributed by atoms with E-state index in [0.29, 0.717) is 0 Å². The van der Waals surface area contributed by atoms with Crippen LogP contribution >= 0.6 is 0 Å². The predicted octanol–water partition coefficient (Wildman–Crippen LogP) is 3.92. The van der Waals surface area contributed by atoms with Gasteiger partial charge in [0.25, 0.3) is 0 Å². The van der Waals surface area contributed by atoms with Gasteiger partial charge in [-0.15, -0.1) is 0 Å². The summed E-state index contributed by atoms with van der Waals surface area (Å²) in [6, 6.07) is 4.15. The number of allylic oxidation sites excluding steroid dienone is 1. The molecule has 0 saturated carbocycles. The Hall–Kier alpha value is -1.15. The van der Waals surface area contributed by atoms with E-state index in [1.54, 1.807) is 0 Å². The van der Waals surface area contributed by atoms with E-state index in [9.17, 15) is 0 Å². The summed E-state index contributed by atoms with van der Waals surface area (Å²) in [6.45, 7) is 2.17. The number of aryl methyl sites for hydroxylation is 1. The molecule has 2 rings (SSSR count). The van der Waals surface area contributed by atoms with Crippen LogP contribution in [0.15, 0.2) is 30.0 Å². The minimum Gasteiger partial charge on any atom is -0.319 e. The molecule has 1 heterocycles. The summed E-state index contributed by atoms with van der Waals surface area (Å²) in [7, 11) is 0. The Morgan fingerprint density at radius 2 is 2.11 bits per heavy atom. The third kappa shape index (κ3) is 3.20. The first-order valence-corrected chi connectivity index (χ1v) is 7.21. The Bertz CT molecular complexity index is 409. The van der Waals surface area contributed by atoms with E-state index in [0.717, 1.165) is 18.5 Å². The molecule has 1 aromatic rings. The van der Waals surface area contributed by atoms with Crippen LogP contribution in [0.2, 0.25) is 0 Å². The lowest BCUT2D eigenvalue weighted by Crippen LogP contribution is -2.17. The maximum absolute atomic E-state index is 6.44. The van der Waals surface area contributed by atoms with Crippen LogP contribution in [-0.4, -0.2) is 4.98 Å². The lowest BCUT2D eigenvalue weighted by atomic mass is 9.91. The van der Waals surface area contributed by atoms with Gasteiger partial charge in [-0.1, -0.05) is 37.5 Å². The number of nitrogens with two attached hydrogens (primary N) is 1. The smallest absolute Gasteiger partial charge is 0.0688 e. The second-order valence-corrected chi connectivity index (χ2v) is 5.11. The Labute approximate surface area is 110 Å². The van der Waals surface area contributed by atoms with Crippen molar-refractivity contribution in [3.8, 4) is 0 Å². The number of hydrogen-bond donors (Lipinski definition) is 1. The van der Waals surface area contributed by atoms with Crippen molar-refractivity contribution in [3.63, 3.8) is 0 Å². The first-order valence-electron chi connectivity index (χ1n) is 7.21. The Balaban J connectivity index is 2.20. The summed E-state index contributed by atoms with van der Waals surface area (Å²) in [4.78, 5) is 4.51. The third-order valence-electron chi connectivity index (χ3n) is 3.83. The molecule has 0 saturated heterocycles. The fraction of sp³-hybridized carbons (Fsp3) is 0.562. The van der Waals surface area contributed by atoms with Gasteiger partial charge in [0, 0.05) is 6.20 Å². The van der Waals surface area contributed by atoms with Crippen molar-refractivity contribution in [2.24, 2.45) is 5.73 Å². The van der Waals surface area contributed by atoms with Gasteiger partial charge in [0.2, 0.25) is 0 Å². The lowest BCUT2D eigenvalue weighted by Gasteiger charge is -2.20. The molecule has 0 bridgehead atoms. The second-order valence-electron chi connectivity index (χ2n) is 5.11. The fourth-order valence-electron chi connectivity index (χ4n) is 2.70. The van der Waals surface area contributed by atoms with Gasteiger partial charge in [0.15, 0.2) is 0 Å². The molecule has 2 nitrogen and oxygen atoms in total. The average molecular weight is 244 g/mol. The molecule has 0 radical (unpaired) electrons. The summed E-state index contributed by atoms with van der Waals surface area (Å²) in [5, 5.41) is 0. The van der Waals surface area contributed by atoms with Crippen molar-refractivity contribution in [2.45, 2.75) is 57.9 Å². The van der Waals surface area contributed by atoms with Gasteiger partial charge in [-0.05, 0) is 43.7 Å². The number of rotatable bonds is 3. The van der Waals surface area contributed by atoms with Gasteiger partial charge in [-0.2, -0.15) is 0 Å². The SMILES string of the molecule is CCc1cccnc1C(N)/C1=C/CCCCCC1. The molecule has 0 aromatic carbocycles. The zero-order valence-corrected chi connectivity index (χ0v) is 11.4. The van der Waals surface area contributed by atoms with E-state index in [4.69, 9.17) is 5.73 Å². The van der Waals surface area contributed by atoms with E-state index in [-0.39, 0.29) is 6.04 Å². The van der Waals surface area contributed by atoms with E-state index in [1.165, 1.54) is 43.2 Å². The maximum atomic E-state index is 6.44. The predicted molar refractivity (Wildman–Crippen MR) is 76.3 cm³/mol. The molecule has 98 valence electrons. The number of aromatic nitrogens is 1. The minimum atomic E-state index is -0.000694. The van der Waals surface area contributed by atoms with E-state index in [1.807, 2.05) is 12.3 Å². The van der Waals surface area contributed by atoms with Crippen molar-refractivity contribution in [3.05, 3.63) is 41.2 Å². The standard InChI is InChI=1S/C16H24N2/c1-2-13-11-8-12-18-16(13)15(17)14-9-6-4-3-5-7-10-14/h8-9,11-12,15H,2-7,10,17H2,1H3/b14-9+. The van der Waals surface area contributed by atoms with Crippen LogP contribution < -0.4 is 5.73 Å². The van der Waals surface area contributed by atoms with Crippen molar-refractivity contribution < 1.29 is 0 Å². The molecule has 2 heteroatoms. The normalized spacial score (nSPS) is 21.6. The van der Waals surface area contributed by atoms with Crippen molar-refractivity contribution in [1.82, 2.24) is 4.98 Å².